The van der Waals surface area contributed by atoms with Gasteiger partial charge in [-0.2, -0.15) is 5.10 Å². The number of hydrogen-bond acceptors (Lipinski definition) is 3. The van der Waals surface area contributed by atoms with Crippen molar-refractivity contribution in [2.24, 2.45) is 5.92 Å². The van der Waals surface area contributed by atoms with Gasteiger partial charge in [0.25, 0.3) is 5.56 Å². The number of nitrogens with zero attached hydrogens (tertiary/aromatic N) is 2. The van der Waals surface area contributed by atoms with Gasteiger partial charge in [0.1, 0.15) is 12.2 Å². The maximum atomic E-state index is 11.9. The molecule has 0 bridgehead atoms. The zero-order valence-corrected chi connectivity index (χ0v) is 10.1. The fourth-order valence-corrected chi connectivity index (χ4v) is 1.33. The number of hydrogen-bond donors (Lipinski definition) is 1. The second-order valence-electron chi connectivity index (χ2n) is 3.81. The Morgan fingerprint density at radius 3 is 2.94 bits per heavy atom. The number of rotatable bonds is 4. The Labute approximate surface area is 99.6 Å². The lowest BCUT2D eigenvalue weighted by molar-refractivity contribution is 0.655. The van der Waals surface area contributed by atoms with Gasteiger partial charge in [-0.3, -0.25) is 4.79 Å². The molecular formula is C11H14ClN3O. The summed E-state index contributed by atoms with van der Waals surface area (Å²) in [5.41, 5.74) is 0.0757. The number of anilines is 1. The Morgan fingerprint density at radius 2 is 2.38 bits per heavy atom. The molecular weight excluding hydrogens is 226 g/mol. The Bertz CT molecular complexity index is 459. The first-order valence-corrected chi connectivity index (χ1v) is 5.37. The van der Waals surface area contributed by atoms with Crippen LogP contribution in [0.2, 0.25) is 5.02 Å². The summed E-state index contributed by atoms with van der Waals surface area (Å²) >= 11 is 5.90. The minimum atomic E-state index is -0.286. The van der Waals surface area contributed by atoms with Crippen molar-refractivity contribution in [2.75, 3.05) is 11.9 Å². The number of nitrogens with one attached hydrogen (secondary N) is 1. The van der Waals surface area contributed by atoms with E-state index < -0.39 is 0 Å². The Hall–Kier alpha value is -1.47. The molecule has 0 aliphatic carbocycles. The number of aromatic nitrogens is 2. The van der Waals surface area contributed by atoms with Gasteiger partial charge in [0, 0.05) is 6.54 Å². The van der Waals surface area contributed by atoms with Gasteiger partial charge in [-0.15, -0.1) is 6.42 Å². The van der Waals surface area contributed by atoms with E-state index >= 15 is 0 Å². The molecule has 5 heteroatoms. The maximum absolute atomic E-state index is 11.9. The van der Waals surface area contributed by atoms with Crippen molar-refractivity contribution in [2.45, 2.75) is 20.4 Å². The zero-order valence-electron chi connectivity index (χ0n) is 9.33. The average molecular weight is 240 g/mol. The molecule has 4 nitrogen and oxygen atoms in total. The Morgan fingerprint density at radius 1 is 1.69 bits per heavy atom. The second-order valence-corrected chi connectivity index (χ2v) is 4.22. The van der Waals surface area contributed by atoms with Crippen LogP contribution in [0.1, 0.15) is 13.8 Å². The third kappa shape index (κ3) is 3.01. The van der Waals surface area contributed by atoms with Crippen molar-refractivity contribution in [3.63, 3.8) is 0 Å². The van der Waals surface area contributed by atoms with Gasteiger partial charge in [0.2, 0.25) is 0 Å². The van der Waals surface area contributed by atoms with E-state index in [0.29, 0.717) is 23.2 Å². The van der Waals surface area contributed by atoms with E-state index in [4.69, 9.17) is 18.0 Å². The predicted molar refractivity (Wildman–Crippen MR) is 65.7 cm³/mol. The first kappa shape index (κ1) is 12.6. The van der Waals surface area contributed by atoms with Gasteiger partial charge < -0.3 is 5.32 Å². The largest absolute Gasteiger partial charge is 0.379 e. The van der Waals surface area contributed by atoms with E-state index in [1.807, 2.05) is 13.8 Å². The number of terminal acetylenes is 1. The molecule has 0 spiro atoms. The standard InChI is InChI=1S/C11H14ClN3O/c1-4-5-15-11(16)10(9(12)7-14-15)13-6-8(2)3/h1,7-8,13H,5-6H2,2-3H3. The molecule has 0 radical (unpaired) electrons. The monoisotopic (exact) mass is 239 g/mol. The lowest BCUT2D eigenvalue weighted by atomic mass is 10.2. The molecule has 0 saturated carbocycles. The molecule has 0 aliphatic heterocycles. The van der Waals surface area contributed by atoms with Crippen molar-refractivity contribution < 1.29 is 0 Å². The molecule has 86 valence electrons. The summed E-state index contributed by atoms with van der Waals surface area (Å²) in [5, 5.41) is 7.17. The molecule has 1 aromatic rings. The van der Waals surface area contributed by atoms with Gasteiger partial charge >= 0.3 is 0 Å². The van der Waals surface area contributed by atoms with Gasteiger partial charge in [0.15, 0.2) is 0 Å². The van der Waals surface area contributed by atoms with Crippen LogP contribution in [0.3, 0.4) is 0 Å². The van der Waals surface area contributed by atoms with E-state index in [2.05, 4.69) is 16.3 Å². The topological polar surface area (TPSA) is 46.9 Å². The molecule has 1 rings (SSSR count). The summed E-state index contributed by atoms with van der Waals surface area (Å²) in [6, 6.07) is 0. The lowest BCUT2D eigenvalue weighted by Gasteiger charge is -2.10. The Balaban J connectivity index is 3.03. The molecule has 0 atom stereocenters. The van der Waals surface area contributed by atoms with Crippen molar-refractivity contribution in [1.82, 2.24) is 9.78 Å². The SMILES string of the molecule is C#CCn1ncc(Cl)c(NCC(C)C)c1=O. The summed E-state index contributed by atoms with van der Waals surface area (Å²) in [6.45, 7) is 4.91. The summed E-state index contributed by atoms with van der Waals surface area (Å²) < 4.78 is 1.20. The predicted octanol–water partition coefficient (Wildman–Crippen LogP) is 1.60. The van der Waals surface area contributed by atoms with Crippen molar-refractivity contribution in [1.29, 1.82) is 0 Å². The third-order valence-corrected chi connectivity index (χ3v) is 2.21. The molecule has 0 amide bonds. The molecule has 1 aromatic heterocycles. The third-order valence-electron chi connectivity index (χ3n) is 1.93. The van der Waals surface area contributed by atoms with Crippen LogP contribution in [-0.2, 0) is 6.54 Å². The molecule has 1 N–H and O–H groups in total. The fourth-order valence-electron chi connectivity index (χ4n) is 1.13. The Kier molecular flexibility index (Phi) is 4.39. The molecule has 0 aliphatic rings. The van der Waals surface area contributed by atoms with Crippen LogP contribution in [0.5, 0.6) is 0 Å². The zero-order chi connectivity index (χ0) is 12.1. The molecule has 0 aromatic carbocycles. The highest BCUT2D eigenvalue weighted by atomic mass is 35.5. The van der Waals surface area contributed by atoms with Crippen LogP contribution in [-0.4, -0.2) is 16.3 Å². The fraction of sp³-hybridized carbons (Fsp3) is 0.455. The van der Waals surface area contributed by atoms with Crippen LogP contribution in [0.4, 0.5) is 5.69 Å². The molecule has 1 heterocycles. The summed E-state index contributed by atoms with van der Waals surface area (Å²) in [4.78, 5) is 11.9. The van der Waals surface area contributed by atoms with Crippen LogP contribution < -0.4 is 10.9 Å². The van der Waals surface area contributed by atoms with Gasteiger partial charge in [-0.25, -0.2) is 4.68 Å². The minimum absolute atomic E-state index is 0.145. The van der Waals surface area contributed by atoms with E-state index in [1.54, 1.807) is 0 Å². The maximum Gasteiger partial charge on any atom is 0.292 e. The summed E-state index contributed by atoms with van der Waals surface area (Å²) in [5.74, 6) is 2.79. The smallest absolute Gasteiger partial charge is 0.292 e. The van der Waals surface area contributed by atoms with E-state index in [9.17, 15) is 4.79 Å². The van der Waals surface area contributed by atoms with E-state index in [-0.39, 0.29) is 12.1 Å². The van der Waals surface area contributed by atoms with Crippen LogP contribution in [0, 0.1) is 18.3 Å². The van der Waals surface area contributed by atoms with E-state index in [1.165, 1.54) is 10.9 Å². The molecule has 16 heavy (non-hydrogen) atoms. The van der Waals surface area contributed by atoms with Gasteiger partial charge in [-0.1, -0.05) is 31.4 Å². The van der Waals surface area contributed by atoms with Crippen LogP contribution in [0.15, 0.2) is 11.0 Å². The first-order valence-electron chi connectivity index (χ1n) is 4.99. The molecule has 0 unspecified atom stereocenters. The van der Waals surface area contributed by atoms with Gasteiger partial charge in [-0.05, 0) is 5.92 Å². The lowest BCUT2D eigenvalue weighted by Crippen LogP contribution is -2.26. The summed E-state index contributed by atoms with van der Waals surface area (Å²) in [6.07, 6.45) is 6.56. The average Bonchev–Trinajstić information content (AvgIpc) is 2.22. The molecule has 0 fully saturated rings. The minimum Gasteiger partial charge on any atom is -0.379 e. The van der Waals surface area contributed by atoms with Crippen LogP contribution >= 0.6 is 11.6 Å². The van der Waals surface area contributed by atoms with Gasteiger partial charge in [0.05, 0.1) is 11.2 Å². The second kappa shape index (κ2) is 5.57. The van der Waals surface area contributed by atoms with Crippen LogP contribution in [0.25, 0.3) is 0 Å². The van der Waals surface area contributed by atoms with Crippen molar-refractivity contribution in [3.05, 3.63) is 21.6 Å². The highest BCUT2D eigenvalue weighted by Crippen LogP contribution is 2.15. The van der Waals surface area contributed by atoms with E-state index in [0.717, 1.165) is 0 Å². The highest BCUT2D eigenvalue weighted by molar-refractivity contribution is 6.32. The van der Waals surface area contributed by atoms with Crippen molar-refractivity contribution >= 4 is 17.3 Å². The number of halogens is 1. The normalized spacial score (nSPS) is 10.2. The first-order chi connectivity index (χ1) is 7.56. The van der Waals surface area contributed by atoms with Crippen molar-refractivity contribution in [3.8, 4) is 12.3 Å². The summed E-state index contributed by atoms with van der Waals surface area (Å²) in [7, 11) is 0. The highest BCUT2D eigenvalue weighted by Gasteiger charge is 2.09. The quantitative estimate of drug-likeness (QED) is 0.812. The molecule has 0 saturated heterocycles.